The third-order valence-electron chi connectivity index (χ3n) is 8.17. The third-order valence-corrected chi connectivity index (χ3v) is 9.26. The molecule has 4 aromatic heterocycles. The van der Waals surface area contributed by atoms with Crippen LogP contribution in [0.15, 0.2) is 70.1 Å². The molecule has 46 heavy (non-hydrogen) atoms. The molecule has 1 saturated heterocycles. The number of piperazine rings is 1. The molecule has 5 heterocycles. The van der Waals surface area contributed by atoms with Crippen molar-refractivity contribution < 1.29 is 13.9 Å². The van der Waals surface area contributed by atoms with E-state index in [-0.39, 0.29) is 36.4 Å². The fourth-order valence-corrected chi connectivity index (χ4v) is 6.99. The van der Waals surface area contributed by atoms with Gasteiger partial charge in [-0.1, -0.05) is 18.2 Å². The van der Waals surface area contributed by atoms with Crippen molar-refractivity contribution >= 4 is 63.8 Å². The van der Waals surface area contributed by atoms with Gasteiger partial charge in [0.05, 0.1) is 10.8 Å². The molecule has 0 saturated carbocycles. The number of hydrogen-bond donors (Lipinski definition) is 2. The van der Waals surface area contributed by atoms with Crippen LogP contribution in [0.4, 0.5) is 10.2 Å². The summed E-state index contributed by atoms with van der Waals surface area (Å²) in [5, 5.41) is 16.6. The molecule has 240 valence electrons. The molecule has 1 aliphatic heterocycles. The molecule has 0 aliphatic carbocycles. The van der Waals surface area contributed by atoms with Crippen LogP contribution in [0.3, 0.4) is 0 Å². The van der Waals surface area contributed by atoms with Gasteiger partial charge < -0.3 is 20.2 Å². The van der Waals surface area contributed by atoms with Crippen molar-refractivity contribution in [2.24, 2.45) is 0 Å². The largest absolute Gasteiger partial charge is 0.508 e. The van der Waals surface area contributed by atoms with Gasteiger partial charge in [0.1, 0.15) is 41.2 Å². The van der Waals surface area contributed by atoms with Crippen LogP contribution in [-0.4, -0.2) is 67.9 Å². The quantitative estimate of drug-likeness (QED) is 0.219. The van der Waals surface area contributed by atoms with Crippen LogP contribution < -0.4 is 11.4 Å². The number of aromatic hydroxyl groups is 1. The molecule has 7 rings (SSSR count). The second-order valence-electron chi connectivity index (χ2n) is 11.1. The first-order valence-corrected chi connectivity index (χ1v) is 15.1. The van der Waals surface area contributed by atoms with Crippen LogP contribution in [0, 0.1) is 5.82 Å². The molecule has 1 unspecified atom stereocenters. The highest BCUT2D eigenvalue weighted by Crippen LogP contribution is 2.41. The maximum Gasteiger partial charge on any atom is 0.343 e. The van der Waals surface area contributed by atoms with Crippen molar-refractivity contribution in [3.8, 4) is 27.4 Å². The number of phenolic OH excluding ortho intramolecular Hbond substituents is 1. The topological polar surface area (TPSA) is 127 Å². The molecule has 1 fully saturated rings. The van der Waals surface area contributed by atoms with Crippen LogP contribution in [0.5, 0.6) is 5.75 Å². The second kappa shape index (κ2) is 13.3. The zero-order valence-electron chi connectivity index (χ0n) is 25.0. The summed E-state index contributed by atoms with van der Waals surface area (Å²) in [6, 6.07) is 14.7. The maximum absolute atomic E-state index is 14.3. The predicted octanol–water partition coefficient (Wildman–Crippen LogP) is 5.96. The van der Waals surface area contributed by atoms with Crippen molar-refractivity contribution in [3.05, 3.63) is 87.8 Å². The second-order valence-corrected chi connectivity index (χ2v) is 12.3. The highest BCUT2D eigenvalue weighted by molar-refractivity contribution is 7.15. The molecular weight excluding hydrogens is 652 g/mol. The first-order valence-electron chi connectivity index (χ1n) is 14.3. The Morgan fingerprint density at radius 1 is 1.04 bits per heavy atom. The lowest BCUT2D eigenvalue weighted by atomic mass is 10.0. The number of nitrogen functional groups attached to an aromatic ring is 1. The molecule has 0 spiro atoms. The summed E-state index contributed by atoms with van der Waals surface area (Å²) in [5.74, 6) is -0.311. The molecule has 3 N–H and O–H groups in total. The molecule has 14 heteroatoms. The van der Waals surface area contributed by atoms with Crippen LogP contribution >= 0.6 is 36.2 Å². The first-order chi connectivity index (χ1) is 21.3. The van der Waals surface area contributed by atoms with E-state index >= 15 is 0 Å². The number of hydrogen-bond acceptors (Lipinski definition) is 10. The number of nitrogens with zero attached hydrogens (tertiary/aromatic N) is 6. The SMILES string of the molecule is CC(c1oc(=O)c2ccccc2c1-c1ccc(CN2CCN(C)CC2)s1)n1nc(-c2cc(O)cc(F)c2)c2c(N)ncnc21.Cl.Cl. The Hall–Kier alpha value is -4.07. The zero-order chi connectivity index (χ0) is 30.5. The van der Waals surface area contributed by atoms with Crippen molar-refractivity contribution in [2.45, 2.75) is 19.5 Å². The highest BCUT2D eigenvalue weighted by Gasteiger charge is 2.27. The van der Waals surface area contributed by atoms with Crippen molar-refractivity contribution in [1.82, 2.24) is 29.5 Å². The van der Waals surface area contributed by atoms with Gasteiger partial charge in [-0.05, 0) is 44.3 Å². The minimum absolute atomic E-state index is 0. The zero-order valence-corrected chi connectivity index (χ0v) is 27.5. The molecule has 2 aromatic carbocycles. The van der Waals surface area contributed by atoms with E-state index in [1.54, 1.807) is 22.1 Å². The molecule has 10 nitrogen and oxygen atoms in total. The average Bonchev–Trinajstić information content (AvgIpc) is 3.63. The summed E-state index contributed by atoms with van der Waals surface area (Å²) in [6.07, 6.45) is 1.33. The van der Waals surface area contributed by atoms with Crippen LogP contribution in [0.25, 0.3) is 43.5 Å². The van der Waals surface area contributed by atoms with E-state index in [2.05, 4.69) is 38.9 Å². The standard InChI is InChI=1S/C32H30FN7O3S.2ClH/c1-18(40-31-27(30(34)35-17-36-31)28(37-40)19-13-20(33)15-21(41)14-19)29-26(23-5-3-4-6-24(23)32(42)43-29)25-8-7-22(44-25)16-39-11-9-38(2)10-12-39;;/h3-8,13-15,17-18,41H,9-12,16H2,1-2H3,(H2,34,35,36);2*1H. The number of nitrogens with two attached hydrogens (primary N) is 1. The number of thiophene rings is 1. The minimum Gasteiger partial charge on any atom is -0.508 e. The number of fused-ring (bicyclic) bond motifs is 2. The van der Waals surface area contributed by atoms with Gasteiger partial charge in [0, 0.05) is 65.1 Å². The van der Waals surface area contributed by atoms with Crippen molar-refractivity contribution in [2.75, 3.05) is 39.0 Å². The van der Waals surface area contributed by atoms with E-state index in [1.165, 1.54) is 23.3 Å². The normalized spacial score (nSPS) is 14.7. The van der Waals surface area contributed by atoms with Gasteiger partial charge in [0.25, 0.3) is 0 Å². The van der Waals surface area contributed by atoms with Crippen molar-refractivity contribution in [3.63, 3.8) is 0 Å². The fraction of sp³-hybridized carbons (Fsp3) is 0.250. The Morgan fingerprint density at radius 3 is 2.52 bits per heavy atom. The Kier molecular flexibility index (Phi) is 9.66. The van der Waals surface area contributed by atoms with E-state index in [4.69, 9.17) is 15.2 Å². The summed E-state index contributed by atoms with van der Waals surface area (Å²) >= 11 is 1.68. The summed E-state index contributed by atoms with van der Waals surface area (Å²) in [4.78, 5) is 28.9. The Balaban J connectivity index is 0.00000208. The Morgan fingerprint density at radius 2 is 1.78 bits per heavy atom. The van der Waals surface area contributed by atoms with Gasteiger partial charge in [0.2, 0.25) is 0 Å². The lowest BCUT2D eigenvalue weighted by Gasteiger charge is -2.31. The lowest BCUT2D eigenvalue weighted by Crippen LogP contribution is -2.43. The Bertz CT molecular complexity index is 2070. The van der Waals surface area contributed by atoms with E-state index in [9.17, 15) is 14.3 Å². The molecule has 1 aliphatic rings. The Labute approximate surface area is 280 Å². The van der Waals surface area contributed by atoms with Gasteiger partial charge in [-0.2, -0.15) is 5.10 Å². The van der Waals surface area contributed by atoms with E-state index < -0.39 is 17.5 Å². The van der Waals surface area contributed by atoms with Crippen LogP contribution in [0.2, 0.25) is 0 Å². The molecule has 0 radical (unpaired) electrons. The smallest absolute Gasteiger partial charge is 0.343 e. The number of benzene rings is 2. The van der Waals surface area contributed by atoms with Gasteiger partial charge in [-0.3, -0.25) is 4.90 Å². The number of likely N-dealkylation sites (N-methyl/N-ethyl adjacent to an activating group) is 1. The molecule has 0 amide bonds. The summed E-state index contributed by atoms with van der Waals surface area (Å²) in [7, 11) is 2.14. The fourth-order valence-electron chi connectivity index (χ4n) is 5.88. The van der Waals surface area contributed by atoms with Crippen LogP contribution in [-0.2, 0) is 6.54 Å². The summed E-state index contributed by atoms with van der Waals surface area (Å²) in [5.41, 5.74) is 7.63. The summed E-state index contributed by atoms with van der Waals surface area (Å²) in [6.45, 7) is 6.82. The number of phenols is 1. The van der Waals surface area contributed by atoms with E-state index in [1.807, 2.05) is 25.1 Å². The molecule has 0 bridgehead atoms. The van der Waals surface area contributed by atoms with Crippen molar-refractivity contribution in [1.29, 1.82) is 0 Å². The first kappa shape index (κ1) is 33.3. The molecule has 1 atom stereocenters. The number of rotatable bonds is 6. The van der Waals surface area contributed by atoms with Gasteiger partial charge in [0.15, 0.2) is 5.65 Å². The number of anilines is 1. The molecule has 6 aromatic rings. The monoisotopic (exact) mass is 683 g/mol. The molecular formula is C32H32Cl2FN7O3S. The van der Waals surface area contributed by atoms with E-state index in [0.29, 0.717) is 33.4 Å². The van der Waals surface area contributed by atoms with Gasteiger partial charge in [-0.15, -0.1) is 36.2 Å². The maximum atomic E-state index is 14.3. The number of aromatic nitrogens is 4. The summed E-state index contributed by atoms with van der Waals surface area (Å²) < 4.78 is 22.0. The minimum atomic E-state index is -0.627. The number of halogens is 3. The average molecular weight is 685 g/mol. The van der Waals surface area contributed by atoms with Gasteiger partial charge >= 0.3 is 5.63 Å². The highest BCUT2D eigenvalue weighted by atomic mass is 35.5. The van der Waals surface area contributed by atoms with E-state index in [0.717, 1.165) is 54.6 Å². The van der Waals surface area contributed by atoms with Crippen LogP contribution in [0.1, 0.15) is 23.6 Å². The third kappa shape index (κ3) is 6.06. The predicted molar refractivity (Wildman–Crippen MR) is 184 cm³/mol. The van der Waals surface area contributed by atoms with Gasteiger partial charge in [-0.25, -0.2) is 23.8 Å². The lowest BCUT2D eigenvalue weighted by molar-refractivity contribution is 0.149.